The molecular weight excluding hydrogens is 461 g/mol. The summed E-state index contributed by atoms with van der Waals surface area (Å²) in [5, 5.41) is 5.59. The Morgan fingerprint density at radius 2 is 1.72 bits per heavy atom. The summed E-state index contributed by atoms with van der Waals surface area (Å²) >= 11 is 0. The van der Waals surface area contributed by atoms with Crippen LogP contribution < -0.4 is 10.6 Å². The molecule has 188 valence electrons. The van der Waals surface area contributed by atoms with Crippen LogP contribution in [0.5, 0.6) is 0 Å². The first-order valence-corrected chi connectivity index (χ1v) is 12.1. The molecule has 1 aliphatic heterocycles. The zero-order valence-corrected chi connectivity index (χ0v) is 20.2. The highest BCUT2D eigenvalue weighted by Crippen LogP contribution is 2.16. The Kier molecular flexibility index (Phi) is 8.22. The molecule has 2 amide bonds. The van der Waals surface area contributed by atoms with Gasteiger partial charge in [-0.3, -0.25) is 14.4 Å². The quantitative estimate of drug-likeness (QED) is 0.396. The summed E-state index contributed by atoms with van der Waals surface area (Å²) in [4.78, 5) is 46.9. The van der Waals surface area contributed by atoms with Crippen LogP contribution >= 0.6 is 0 Å². The molecule has 0 aliphatic carbocycles. The van der Waals surface area contributed by atoms with Crippen LogP contribution in [-0.4, -0.2) is 58.6 Å². The molecule has 3 N–H and O–H groups in total. The van der Waals surface area contributed by atoms with E-state index in [1.807, 2.05) is 0 Å². The molecule has 1 aliphatic rings. The summed E-state index contributed by atoms with van der Waals surface area (Å²) < 4.78 is 13.1. The molecule has 1 fully saturated rings. The second-order valence-electron chi connectivity index (χ2n) is 9.16. The fourth-order valence-corrected chi connectivity index (χ4v) is 4.16. The van der Waals surface area contributed by atoms with Crippen molar-refractivity contribution in [1.82, 2.24) is 20.2 Å². The number of rotatable bonds is 9. The predicted molar refractivity (Wildman–Crippen MR) is 135 cm³/mol. The zero-order valence-electron chi connectivity index (χ0n) is 20.2. The third-order valence-corrected chi connectivity index (χ3v) is 6.41. The first-order chi connectivity index (χ1) is 17.4. The minimum Gasteiger partial charge on any atom is -0.349 e. The lowest BCUT2D eigenvalue weighted by Crippen LogP contribution is -2.39. The highest BCUT2D eigenvalue weighted by Gasteiger charge is 2.21. The molecule has 0 spiro atoms. The topological polar surface area (TPSA) is 107 Å². The molecule has 1 saturated heterocycles. The van der Waals surface area contributed by atoms with Crippen molar-refractivity contribution in [3.8, 4) is 0 Å². The largest absolute Gasteiger partial charge is 0.349 e. The lowest BCUT2D eigenvalue weighted by Gasteiger charge is -2.30. The molecule has 2 aromatic carbocycles. The molecule has 0 unspecified atom stereocenters. The van der Waals surface area contributed by atoms with E-state index < -0.39 is 11.7 Å². The number of aromatic nitrogens is 2. The van der Waals surface area contributed by atoms with Crippen LogP contribution in [0.1, 0.15) is 56.7 Å². The van der Waals surface area contributed by atoms with E-state index in [0.29, 0.717) is 17.8 Å². The van der Waals surface area contributed by atoms with Crippen LogP contribution in [-0.2, 0) is 6.42 Å². The number of nitrogens with zero attached hydrogens (tertiary/aromatic N) is 2. The molecule has 0 atom stereocenters. The van der Waals surface area contributed by atoms with Gasteiger partial charge in [-0.15, -0.1) is 0 Å². The summed E-state index contributed by atoms with van der Waals surface area (Å²) in [6, 6.07) is 12.2. The van der Waals surface area contributed by atoms with E-state index in [0.717, 1.165) is 31.1 Å². The number of likely N-dealkylation sites (tertiary alicyclic amines) is 1. The van der Waals surface area contributed by atoms with Crippen molar-refractivity contribution in [1.29, 1.82) is 0 Å². The number of H-pyrrole nitrogens is 1. The van der Waals surface area contributed by atoms with Crippen LogP contribution in [0, 0.1) is 11.7 Å². The Morgan fingerprint density at radius 1 is 1.03 bits per heavy atom. The van der Waals surface area contributed by atoms with Gasteiger partial charge in [0.2, 0.25) is 0 Å². The maximum absolute atomic E-state index is 13.1. The number of hydrogen-bond donors (Lipinski definition) is 3. The van der Waals surface area contributed by atoms with Gasteiger partial charge in [0.15, 0.2) is 11.5 Å². The molecule has 0 saturated carbocycles. The first kappa shape index (κ1) is 25.2. The Bertz CT molecular complexity index is 1200. The number of nitrogens with one attached hydrogen (secondary N) is 3. The highest BCUT2D eigenvalue weighted by molar-refractivity contribution is 6.10. The van der Waals surface area contributed by atoms with Gasteiger partial charge in [0, 0.05) is 30.8 Å². The standard InChI is InChI=1S/C27H30FN5O3/c1-18-10-13-33(14-11-18)15-12-29-26(35)24-25(31-17-30-24)27(36)32-22-8-2-19(3-9-22)16-23(34)20-4-6-21(28)7-5-20/h2-9,17-18H,10-16H2,1H3,(H,29,35)(H,30,31)(H,32,36). The maximum Gasteiger partial charge on any atom is 0.276 e. The molecule has 36 heavy (non-hydrogen) atoms. The van der Waals surface area contributed by atoms with E-state index in [4.69, 9.17) is 0 Å². The van der Waals surface area contributed by atoms with Crippen molar-refractivity contribution in [3.63, 3.8) is 0 Å². The Balaban J connectivity index is 1.29. The SMILES string of the molecule is CC1CCN(CCNC(=O)c2[nH]cnc2C(=O)Nc2ccc(CC(=O)c3ccc(F)cc3)cc2)CC1. The third kappa shape index (κ3) is 6.63. The molecule has 2 heterocycles. The van der Waals surface area contributed by atoms with Crippen LogP contribution in [0.4, 0.5) is 10.1 Å². The minimum absolute atomic E-state index is 0.00913. The van der Waals surface area contributed by atoms with Crippen LogP contribution in [0.3, 0.4) is 0 Å². The van der Waals surface area contributed by atoms with Gasteiger partial charge in [0.25, 0.3) is 11.8 Å². The van der Waals surface area contributed by atoms with Gasteiger partial charge in [-0.05, 0) is 73.8 Å². The highest BCUT2D eigenvalue weighted by atomic mass is 19.1. The number of piperidine rings is 1. The van der Waals surface area contributed by atoms with Crippen molar-refractivity contribution < 1.29 is 18.8 Å². The van der Waals surface area contributed by atoms with E-state index in [1.165, 1.54) is 43.4 Å². The van der Waals surface area contributed by atoms with Gasteiger partial charge in [-0.1, -0.05) is 19.1 Å². The third-order valence-electron chi connectivity index (χ3n) is 6.41. The lowest BCUT2D eigenvalue weighted by molar-refractivity contribution is 0.0927. The average molecular weight is 492 g/mol. The number of carbonyl (C=O) groups excluding carboxylic acids is 3. The van der Waals surface area contributed by atoms with Crippen LogP contribution in [0.2, 0.25) is 0 Å². The number of carbonyl (C=O) groups is 3. The summed E-state index contributed by atoms with van der Waals surface area (Å²) in [5.41, 5.74) is 1.82. The normalized spacial score (nSPS) is 14.4. The maximum atomic E-state index is 13.1. The van der Waals surface area contributed by atoms with Gasteiger partial charge in [0.05, 0.1) is 6.33 Å². The number of Topliss-reactive ketones (excluding diaryl/α,β-unsaturated/α-hetero) is 1. The van der Waals surface area contributed by atoms with E-state index in [1.54, 1.807) is 24.3 Å². The van der Waals surface area contributed by atoms with E-state index in [-0.39, 0.29) is 29.5 Å². The van der Waals surface area contributed by atoms with Crippen molar-refractivity contribution in [2.45, 2.75) is 26.2 Å². The smallest absolute Gasteiger partial charge is 0.276 e. The van der Waals surface area contributed by atoms with Crippen molar-refractivity contribution in [2.75, 3.05) is 31.5 Å². The summed E-state index contributed by atoms with van der Waals surface area (Å²) in [6.07, 6.45) is 3.81. The molecule has 0 bridgehead atoms. The summed E-state index contributed by atoms with van der Waals surface area (Å²) in [7, 11) is 0. The number of halogens is 1. The van der Waals surface area contributed by atoms with Crippen molar-refractivity contribution >= 4 is 23.3 Å². The number of amides is 2. The predicted octanol–water partition coefficient (Wildman–Crippen LogP) is 3.69. The van der Waals surface area contributed by atoms with Crippen LogP contribution in [0.25, 0.3) is 0 Å². The fourth-order valence-electron chi connectivity index (χ4n) is 4.16. The molecule has 9 heteroatoms. The lowest BCUT2D eigenvalue weighted by atomic mass is 9.99. The Labute approximate surface area is 209 Å². The second kappa shape index (κ2) is 11.7. The van der Waals surface area contributed by atoms with Gasteiger partial charge in [-0.25, -0.2) is 9.37 Å². The molecule has 8 nitrogen and oxygen atoms in total. The molecule has 4 rings (SSSR count). The Hall–Kier alpha value is -3.85. The van der Waals surface area contributed by atoms with E-state index >= 15 is 0 Å². The molecule has 1 aromatic heterocycles. The number of ketones is 1. The second-order valence-corrected chi connectivity index (χ2v) is 9.16. The molecule has 3 aromatic rings. The van der Waals surface area contributed by atoms with E-state index in [9.17, 15) is 18.8 Å². The number of anilines is 1. The van der Waals surface area contributed by atoms with Gasteiger partial charge < -0.3 is 20.5 Å². The molecular formula is C27H30FN5O3. The zero-order chi connectivity index (χ0) is 25.5. The van der Waals surface area contributed by atoms with Crippen molar-refractivity contribution in [2.24, 2.45) is 5.92 Å². The minimum atomic E-state index is -0.512. The van der Waals surface area contributed by atoms with Crippen molar-refractivity contribution in [3.05, 3.63) is 83.2 Å². The van der Waals surface area contributed by atoms with Crippen LogP contribution in [0.15, 0.2) is 54.9 Å². The number of aromatic amines is 1. The Morgan fingerprint density at radius 3 is 2.42 bits per heavy atom. The molecule has 0 radical (unpaired) electrons. The number of benzene rings is 2. The van der Waals surface area contributed by atoms with E-state index in [2.05, 4.69) is 32.4 Å². The van der Waals surface area contributed by atoms with Gasteiger partial charge in [0.1, 0.15) is 11.5 Å². The first-order valence-electron chi connectivity index (χ1n) is 12.1. The van der Waals surface area contributed by atoms with Gasteiger partial charge in [-0.2, -0.15) is 0 Å². The summed E-state index contributed by atoms with van der Waals surface area (Å²) in [6.45, 7) is 5.59. The number of imidazole rings is 1. The number of hydrogen-bond acceptors (Lipinski definition) is 5. The monoisotopic (exact) mass is 491 g/mol. The van der Waals surface area contributed by atoms with Gasteiger partial charge >= 0.3 is 0 Å². The fraction of sp³-hybridized carbons (Fsp3) is 0.333. The summed E-state index contributed by atoms with van der Waals surface area (Å²) in [5.74, 6) is -0.661. The average Bonchev–Trinajstić information content (AvgIpc) is 3.37.